The number of carbonyl (C=O) groups excluding carboxylic acids is 1. The number of anilines is 1. The first-order chi connectivity index (χ1) is 12.0. The lowest BCUT2D eigenvalue weighted by Crippen LogP contribution is -2.55. The SMILES string of the molecule is COc1cc(N[C@H](C)C2CC3CC(Cl)CCC3NC2=O)ccc1C#N. The Morgan fingerprint density at radius 3 is 2.92 bits per heavy atom. The maximum Gasteiger partial charge on any atom is 0.225 e. The van der Waals surface area contributed by atoms with Gasteiger partial charge in [-0.1, -0.05) is 0 Å². The van der Waals surface area contributed by atoms with Crippen LogP contribution >= 0.6 is 11.6 Å². The highest BCUT2D eigenvalue weighted by atomic mass is 35.5. The number of benzene rings is 1. The van der Waals surface area contributed by atoms with E-state index in [0.717, 1.165) is 31.4 Å². The Labute approximate surface area is 153 Å². The van der Waals surface area contributed by atoms with Crippen molar-refractivity contribution in [1.29, 1.82) is 5.26 Å². The van der Waals surface area contributed by atoms with Crippen molar-refractivity contribution >= 4 is 23.2 Å². The Morgan fingerprint density at radius 1 is 1.40 bits per heavy atom. The first kappa shape index (κ1) is 17.9. The molecule has 1 aromatic rings. The third-order valence-corrected chi connectivity index (χ3v) is 5.86. The van der Waals surface area contributed by atoms with Gasteiger partial charge in [-0.15, -0.1) is 11.6 Å². The van der Waals surface area contributed by atoms with Crippen LogP contribution in [0.5, 0.6) is 5.75 Å². The molecule has 4 unspecified atom stereocenters. The molecule has 5 atom stereocenters. The summed E-state index contributed by atoms with van der Waals surface area (Å²) in [6, 6.07) is 7.73. The van der Waals surface area contributed by atoms with Gasteiger partial charge in [0.05, 0.1) is 18.6 Å². The summed E-state index contributed by atoms with van der Waals surface area (Å²) in [5, 5.41) is 15.9. The number of methoxy groups -OCH3 is 1. The number of nitrogens with zero attached hydrogens (tertiary/aromatic N) is 1. The molecule has 1 aliphatic carbocycles. The van der Waals surface area contributed by atoms with Gasteiger partial charge in [-0.05, 0) is 50.7 Å². The van der Waals surface area contributed by atoms with E-state index in [1.54, 1.807) is 19.2 Å². The van der Waals surface area contributed by atoms with Gasteiger partial charge in [0.2, 0.25) is 5.91 Å². The number of nitriles is 1. The smallest absolute Gasteiger partial charge is 0.225 e. The van der Waals surface area contributed by atoms with Gasteiger partial charge >= 0.3 is 0 Å². The average Bonchev–Trinajstić information content (AvgIpc) is 2.61. The summed E-state index contributed by atoms with van der Waals surface area (Å²) in [5.74, 6) is 1.02. The summed E-state index contributed by atoms with van der Waals surface area (Å²) in [6.07, 6.45) is 3.79. The zero-order chi connectivity index (χ0) is 18.0. The van der Waals surface area contributed by atoms with Crippen LogP contribution in [0.3, 0.4) is 0 Å². The predicted molar refractivity (Wildman–Crippen MR) is 97.8 cm³/mol. The number of piperidine rings is 1. The highest BCUT2D eigenvalue weighted by Crippen LogP contribution is 2.37. The molecule has 0 aromatic heterocycles. The van der Waals surface area contributed by atoms with E-state index in [-0.39, 0.29) is 29.3 Å². The van der Waals surface area contributed by atoms with Gasteiger partial charge in [0.1, 0.15) is 11.8 Å². The van der Waals surface area contributed by atoms with Crippen molar-refractivity contribution in [2.75, 3.05) is 12.4 Å². The van der Waals surface area contributed by atoms with E-state index in [0.29, 0.717) is 17.2 Å². The Morgan fingerprint density at radius 2 is 2.20 bits per heavy atom. The number of amides is 1. The maximum atomic E-state index is 12.5. The summed E-state index contributed by atoms with van der Waals surface area (Å²) in [4.78, 5) is 12.5. The monoisotopic (exact) mass is 361 g/mol. The molecule has 0 bridgehead atoms. The van der Waals surface area contributed by atoms with Crippen LogP contribution in [-0.4, -0.2) is 30.5 Å². The number of carbonyl (C=O) groups is 1. The fraction of sp³-hybridized carbons (Fsp3) is 0.579. The summed E-state index contributed by atoms with van der Waals surface area (Å²) in [7, 11) is 1.55. The largest absolute Gasteiger partial charge is 0.495 e. The summed E-state index contributed by atoms with van der Waals surface area (Å²) < 4.78 is 5.25. The lowest BCUT2D eigenvalue weighted by atomic mass is 9.74. The van der Waals surface area contributed by atoms with Crippen molar-refractivity contribution in [3.63, 3.8) is 0 Å². The third kappa shape index (κ3) is 3.85. The van der Waals surface area contributed by atoms with E-state index in [4.69, 9.17) is 21.6 Å². The molecule has 1 aliphatic heterocycles. The van der Waals surface area contributed by atoms with Crippen LogP contribution in [0.25, 0.3) is 0 Å². The molecule has 1 aromatic carbocycles. The first-order valence-corrected chi connectivity index (χ1v) is 9.24. The molecule has 134 valence electrons. The first-order valence-electron chi connectivity index (χ1n) is 8.81. The van der Waals surface area contributed by atoms with Crippen molar-refractivity contribution in [2.45, 2.75) is 50.1 Å². The van der Waals surface area contributed by atoms with Gasteiger partial charge < -0.3 is 15.4 Å². The Hall–Kier alpha value is -1.93. The molecule has 2 aliphatic rings. The molecule has 2 fully saturated rings. The van der Waals surface area contributed by atoms with Gasteiger partial charge in [0, 0.05) is 29.2 Å². The molecule has 0 radical (unpaired) electrons. The van der Waals surface area contributed by atoms with Crippen LogP contribution in [0, 0.1) is 23.2 Å². The van der Waals surface area contributed by atoms with Crippen LogP contribution < -0.4 is 15.4 Å². The van der Waals surface area contributed by atoms with E-state index < -0.39 is 0 Å². The summed E-state index contributed by atoms with van der Waals surface area (Å²) in [6.45, 7) is 2.02. The van der Waals surface area contributed by atoms with Gasteiger partial charge in [0.25, 0.3) is 0 Å². The lowest BCUT2D eigenvalue weighted by Gasteiger charge is -2.42. The molecule has 1 saturated heterocycles. The molecule has 25 heavy (non-hydrogen) atoms. The Kier molecular flexibility index (Phi) is 5.39. The minimum absolute atomic E-state index is 0.0192. The zero-order valence-electron chi connectivity index (χ0n) is 14.6. The molecule has 1 saturated carbocycles. The number of ether oxygens (including phenoxy) is 1. The normalized spacial score (nSPS) is 29.8. The molecular weight excluding hydrogens is 338 g/mol. The quantitative estimate of drug-likeness (QED) is 0.807. The Balaban J connectivity index is 1.69. The zero-order valence-corrected chi connectivity index (χ0v) is 15.3. The second-order valence-electron chi connectivity index (χ2n) is 7.09. The van der Waals surface area contributed by atoms with E-state index in [2.05, 4.69) is 16.7 Å². The lowest BCUT2D eigenvalue weighted by molar-refractivity contribution is -0.130. The molecule has 5 nitrogen and oxygen atoms in total. The van der Waals surface area contributed by atoms with Crippen molar-refractivity contribution in [3.05, 3.63) is 23.8 Å². The number of rotatable bonds is 4. The second-order valence-corrected chi connectivity index (χ2v) is 7.70. The van der Waals surface area contributed by atoms with Crippen LogP contribution in [0.15, 0.2) is 18.2 Å². The second kappa shape index (κ2) is 7.53. The number of fused-ring (bicyclic) bond motifs is 1. The summed E-state index contributed by atoms with van der Waals surface area (Å²) in [5.41, 5.74) is 1.34. The maximum absolute atomic E-state index is 12.5. The van der Waals surface area contributed by atoms with E-state index in [1.807, 2.05) is 13.0 Å². The highest BCUT2D eigenvalue weighted by Gasteiger charge is 2.40. The fourth-order valence-electron chi connectivity index (χ4n) is 4.05. The fourth-order valence-corrected chi connectivity index (χ4v) is 4.40. The average molecular weight is 362 g/mol. The van der Waals surface area contributed by atoms with Gasteiger partial charge in [0.15, 0.2) is 0 Å². The van der Waals surface area contributed by atoms with E-state index >= 15 is 0 Å². The topological polar surface area (TPSA) is 74.2 Å². The molecule has 0 spiro atoms. The number of halogens is 1. The molecular formula is C19H24ClN3O2. The van der Waals surface area contributed by atoms with Crippen molar-refractivity contribution in [3.8, 4) is 11.8 Å². The van der Waals surface area contributed by atoms with Crippen molar-refractivity contribution < 1.29 is 9.53 Å². The van der Waals surface area contributed by atoms with E-state index in [9.17, 15) is 4.79 Å². The van der Waals surface area contributed by atoms with Gasteiger partial charge in [-0.2, -0.15) is 5.26 Å². The van der Waals surface area contributed by atoms with Crippen LogP contribution in [-0.2, 0) is 4.79 Å². The molecule has 1 heterocycles. The number of nitrogens with one attached hydrogen (secondary N) is 2. The van der Waals surface area contributed by atoms with Crippen LogP contribution in [0.1, 0.15) is 38.2 Å². The molecule has 1 amide bonds. The highest BCUT2D eigenvalue weighted by molar-refractivity contribution is 6.20. The van der Waals surface area contributed by atoms with Crippen molar-refractivity contribution in [1.82, 2.24) is 5.32 Å². The minimum Gasteiger partial charge on any atom is -0.495 e. The van der Waals surface area contributed by atoms with Gasteiger partial charge in [-0.3, -0.25) is 4.79 Å². The van der Waals surface area contributed by atoms with E-state index in [1.165, 1.54) is 0 Å². The van der Waals surface area contributed by atoms with Crippen molar-refractivity contribution in [2.24, 2.45) is 11.8 Å². The summed E-state index contributed by atoms with van der Waals surface area (Å²) >= 11 is 6.32. The van der Waals surface area contributed by atoms with Crippen LogP contribution in [0.4, 0.5) is 5.69 Å². The Bertz CT molecular complexity index is 688. The van der Waals surface area contributed by atoms with Crippen LogP contribution in [0.2, 0.25) is 0 Å². The van der Waals surface area contributed by atoms with Gasteiger partial charge in [-0.25, -0.2) is 0 Å². The standard InChI is InChI=1S/C19H24ClN3O2/c1-11(22-15-5-3-12(10-21)18(9-15)25-2)16-8-13-7-14(20)4-6-17(13)23-19(16)24/h3,5,9,11,13-14,16-17,22H,4,6-8H2,1-2H3,(H,23,24)/t11-,13?,14?,16?,17?/m1/s1. The molecule has 2 N–H and O–H groups in total. The molecule has 3 rings (SSSR count). The number of hydrogen-bond acceptors (Lipinski definition) is 4. The minimum atomic E-state index is -0.0927. The predicted octanol–water partition coefficient (Wildman–Crippen LogP) is 3.28. The number of hydrogen-bond donors (Lipinski definition) is 2. The number of alkyl halides is 1. The third-order valence-electron chi connectivity index (χ3n) is 5.46. The molecule has 6 heteroatoms.